The summed E-state index contributed by atoms with van der Waals surface area (Å²) in [6.07, 6.45) is 1.17. The Morgan fingerprint density at radius 3 is 2.45 bits per heavy atom. The molecule has 1 aromatic heterocycles. The van der Waals surface area contributed by atoms with E-state index in [0.717, 1.165) is 11.1 Å². The third-order valence-electron chi connectivity index (χ3n) is 2.79. The summed E-state index contributed by atoms with van der Waals surface area (Å²) >= 11 is 5.69. The number of rotatable bonds is 3. The lowest BCUT2D eigenvalue weighted by Gasteiger charge is -2.11. The van der Waals surface area contributed by atoms with Crippen LogP contribution >= 0.6 is 11.6 Å². The summed E-state index contributed by atoms with van der Waals surface area (Å²) in [5, 5.41) is 0.144. The predicted molar refractivity (Wildman–Crippen MR) is 78.2 cm³/mol. The summed E-state index contributed by atoms with van der Waals surface area (Å²) in [4.78, 5) is 7.48. The molecule has 0 fully saturated rings. The van der Waals surface area contributed by atoms with Crippen LogP contribution in [-0.4, -0.2) is 18.4 Å². The first-order valence-corrected chi connectivity index (χ1v) is 7.53. The van der Waals surface area contributed by atoms with Gasteiger partial charge in [-0.05, 0) is 37.1 Å². The molecule has 1 aromatic carbocycles. The number of sulfonamides is 1. The van der Waals surface area contributed by atoms with Crippen molar-refractivity contribution in [3.05, 3.63) is 40.8 Å². The third kappa shape index (κ3) is 3.00. The van der Waals surface area contributed by atoms with E-state index in [2.05, 4.69) is 14.7 Å². The maximum absolute atomic E-state index is 12.3. The van der Waals surface area contributed by atoms with Gasteiger partial charge in [-0.15, -0.1) is 0 Å². The van der Waals surface area contributed by atoms with Gasteiger partial charge in [0.05, 0.1) is 5.69 Å². The summed E-state index contributed by atoms with van der Waals surface area (Å²) in [7, 11) is -3.82. The molecule has 0 bridgehead atoms. The summed E-state index contributed by atoms with van der Waals surface area (Å²) in [6, 6.07) is 4.46. The number of aromatic nitrogens is 2. The molecule has 0 aliphatic carbocycles. The van der Waals surface area contributed by atoms with Crippen molar-refractivity contribution in [1.82, 2.24) is 9.97 Å². The topological polar surface area (TPSA) is 98.0 Å². The van der Waals surface area contributed by atoms with E-state index >= 15 is 0 Å². The average Bonchev–Trinajstić information content (AvgIpc) is 2.33. The highest BCUT2D eigenvalue weighted by Crippen LogP contribution is 2.24. The third-order valence-corrected chi connectivity index (χ3v) is 4.41. The molecule has 20 heavy (non-hydrogen) atoms. The zero-order valence-corrected chi connectivity index (χ0v) is 12.5. The van der Waals surface area contributed by atoms with Crippen molar-refractivity contribution in [1.29, 1.82) is 0 Å². The summed E-state index contributed by atoms with van der Waals surface area (Å²) in [5.74, 6) is 0.0858. The Bertz CT molecular complexity index is 762. The fourth-order valence-electron chi connectivity index (χ4n) is 1.63. The summed E-state index contributed by atoms with van der Waals surface area (Å²) in [6.45, 7) is 3.68. The molecule has 6 nitrogen and oxygen atoms in total. The molecule has 0 saturated carbocycles. The smallest absolute Gasteiger partial charge is 0.265 e. The van der Waals surface area contributed by atoms with E-state index in [0.29, 0.717) is 0 Å². The van der Waals surface area contributed by atoms with Crippen molar-refractivity contribution in [2.24, 2.45) is 0 Å². The monoisotopic (exact) mass is 312 g/mol. The van der Waals surface area contributed by atoms with E-state index in [4.69, 9.17) is 17.3 Å². The van der Waals surface area contributed by atoms with Gasteiger partial charge < -0.3 is 5.73 Å². The van der Waals surface area contributed by atoms with Gasteiger partial charge in [-0.2, -0.15) is 0 Å². The van der Waals surface area contributed by atoms with Gasteiger partial charge in [0.15, 0.2) is 0 Å². The lowest BCUT2D eigenvalue weighted by atomic mass is 10.1. The van der Waals surface area contributed by atoms with Crippen LogP contribution in [0.25, 0.3) is 0 Å². The highest BCUT2D eigenvalue weighted by atomic mass is 35.5. The molecule has 106 valence electrons. The van der Waals surface area contributed by atoms with E-state index in [1.165, 1.54) is 18.5 Å². The maximum Gasteiger partial charge on any atom is 0.265 e. The Morgan fingerprint density at radius 1 is 1.15 bits per heavy atom. The van der Waals surface area contributed by atoms with Gasteiger partial charge in [0.1, 0.15) is 22.2 Å². The molecule has 8 heteroatoms. The van der Waals surface area contributed by atoms with Crippen LogP contribution in [0.3, 0.4) is 0 Å². The molecular weight excluding hydrogens is 300 g/mol. The van der Waals surface area contributed by atoms with Crippen LogP contribution in [0.15, 0.2) is 29.4 Å². The van der Waals surface area contributed by atoms with Crippen LogP contribution in [0.5, 0.6) is 0 Å². The van der Waals surface area contributed by atoms with Gasteiger partial charge in [-0.25, -0.2) is 18.4 Å². The van der Waals surface area contributed by atoms with Crippen LogP contribution in [-0.2, 0) is 10.0 Å². The first kappa shape index (κ1) is 14.5. The van der Waals surface area contributed by atoms with Crippen molar-refractivity contribution >= 4 is 33.1 Å². The Morgan fingerprint density at radius 2 is 1.80 bits per heavy atom. The molecule has 0 radical (unpaired) electrons. The molecule has 2 rings (SSSR count). The van der Waals surface area contributed by atoms with E-state index in [1.54, 1.807) is 6.07 Å². The molecule has 0 aliphatic rings. The SMILES string of the molecule is Cc1cc(N)c(S(=O)(=O)Nc2cc(Cl)ncn2)cc1C. The average molecular weight is 313 g/mol. The van der Waals surface area contributed by atoms with Crippen molar-refractivity contribution in [3.8, 4) is 0 Å². The van der Waals surface area contributed by atoms with Crippen LogP contribution in [0.4, 0.5) is 11.5 Å². The standard InChI is InChI=1S/C12H13ClN4O2S/c1-7-3-9(14)10(4-8(7)2)20(18,19)17-12-5-11(13)15-6-16-12/h3-6H,14H2,1-2H3,(H,15,16,17). The largest absolute Gasteiger partial charge is 0.398 e. The second-order valence-electron chi connectivity index (χ2n) is 4.31. The zero-order valence-electron chi connectivity index (χ0n) is 10.9. The highest BCUT2D eigenvalue weighted by molar-refractivity contribution is 7.92. The lowest BCUT2D eigenvalue weighted by Crippen LogP contribution is -2.16. The van der Waals surface area contributed by atoms with Crippen molar-refractivity contribution < 1.29 is 8.42 Å². The van der Waals surface area contributed by atoms with Crippen LogP contribution < -0.4 is 10.5 Å². The molecule has 0 saturated heterocycles. The Hall–Kier alpha value is -1.86. The van der Waals surface area contributed by atoms with Crippen molar-refractivity contribution in [2.45, 2.75) is 18.7 Å². The number of nitrogens with one attached hydrogen (secondary N) is 1. The molecule has 0 unspecified atom stereocenters. The number of anilines is 2. The minimum absolute atomic E-state index is 0.00957. The second kappa shape index (κ2) is 5.26. The molecule has 0 amide bonds. The summed E-state index contributed by atoms with van der Waals surface area (Å²) in [5.41, 5.74) is 7.72. The van der Waals surface area contributed by atoms with Crippen LogP contribution in [0.1, 0.15) is 11.1 Å². The van der Waals surface area contributed by atoms with Gasteiger partial charge in [-0.3, -0.25) is 4.72 Å². The number of hydrogen-bond acceptors (Lipinski definition) is 5. The molecular formula is C12H13ClN4O2S. The number of nitrogens with two attached hydrogens (primary N) is 1. The number of hydrogen-bond donors (Lipinski definition) is 2. The molecule has 2 aromatic rings. The summed E-state index contributed by atoms with van der Waals surface area (Å²) < 4.78 is 26.9. The minimum atomic E-state index is -3.82. The lowest BCUT2D eigenvalue weighted by molar-refractivity contribution is 0.601. The normalized spacial score (nSPS) is 11.3. The van der Waals surface area contributed by atoms with Gasteiger partial charge in [0.2, 0.25) is 0 Å². The molecule has 0 aliphatic heterocycles. The van der Waals surface area contributed by atoms with Gasteiger partial charge in [-0.1, -0.05) is 11.6 Å². The number of nitrogen functional groups attached to an aromatic ring is 1. The van der Waals surface area contributed by atoms with E-state index in [9.17, 15) is 8.42 Å². The van der Waals surface area contributed by atoms with Gasteiger partial charge in [0.25, 0.3) is 10.0 Å². The molecule has 3 N–H and O–H groups in total. The van der Waals surface area contributed by atoms with E-state index < -0.39 is 10.0 Å². The fourth-order valence-corrected chi connectivity index (χ4v) is 2.97. The number of nitrogens with zero attached hydrogens (tertiary/aromatic N) is 2. The minimum Gasteiger partial charge on any atom is -0.398 e. The van der Waals surface area contributed by atoms with Gasteiger partial charge in [0, 0.05) is 6.07 Å². The Balaban J connectivity index is 2.43. The Kier molecular flexibility index (Phi) is 3.82. The highest BCUT2D eigenvalue weighted by Gasteiger charge is 2.19. The molecule has 1 heterocycles. The molecule has 0 atom stereocenters. The van der Waals surface area contributed by atoms with Gasteiger partial charge >= 0.3 is 0 Å². The number of halogens is 1. The van der Waals surface area contributed by atoms with E-state index in [-0.39, 0.29) is 21.6 Å². The first-order valence-electron chi connectivity index (χ1n) is 5.66. The quantitative estimate of drug-likeness (QED) is 0.668. The second-order valence-corrected chi connectivity index (χ2v) is 6.34. The number of aryl methyl sites for hydroxylation is 2. The van der Waals surface area contributed by atoms with Crippen LogP contribution in [0, 0.1) is 13.8 Å². The maximum atomic E-state index is 12.3. The predicted octanol–water partition coefficient (Wildman–Crippen LogP) is 2.13. The van der Waals surface area contributed by atoms with E-state index in [1.807, 2.05) is 13.8 Å². The van der Waals surface area contributed by atoms with Crippen molar-refractivity contribution in [3.63, 3.8) is 0 Å². The number of benzene rings is 1. The van der Waals surface area contributed by atoms with Crippen LogP contribution in [0.2, 0.25) is 5.15 Å². The first-order chi connectivity index (χ1) is 9.29. The zero-order chi connectivity index (χ0) is 14.9. The fraction of sp³-hybridized carbons (Fsp3) is 0.167. The molecule has 0 spiro atoms. The van der Waals surface area contributed by atoms with Crippen molar-refractivity contribution in [2.75, 3.05) is 10.5 Å². The Labute approximate surface area is 122 Å².